The highest BCUT2D eigenvalue weighted by molar-refractivity contribution is 14.0. The van der Waals surface area contributed by atoms with E-state index in [4.69, 9.17) is 33.7 Å². The second kappa shape index (κ2) is 11.1. The number of nitrogens with one attached hydrogen (secondary N) is 2. The van der Waals surface area contributed by atoms with Crippen molar-refractivity contribution in [3.8, 4) is 5.75 Å². The third-order valence-electron chi connectivity index (χ3n) is 3.22. The third kappa shape index (κ3) is 6.89. The van der Waals surface area contributed by atoms with Gasteiger partial charge < -0.3 is 21.1 Å². The molecular formula is C17H19Cl2IN4O2. The molecule has 0 aliphatic rings. The Bertz CT molecular complexity index is 770. The van der Waals surface area contributed by atoms with Crippen LogP contribution in [0.25, 0.3) is 0 Å². The summed E-state index contributed by atoms with van der Waals surface area (Å²) in [5, 5.41) is 6.42. The fraction of sp³-hybridized carbons (Fsp3) is 0.176. The first-order valence-electron chi connectivity index (χ1n) is 7.44. The van der Waals surface area contributed by atoms with Crippen molar-refractivity contribution < 1.29 is 9.53 Å². The van der Waals surface area contributed by atoms with E-state index in [1.807, 2.05) is 24.3 Å². The topological polar surface area (TPSA) is 88.7 Å². The van der Waals surface area contributed by atoms with Crippen molar-refractivity contribution in [3.63, 3.8) is 0 Å². The van der Waals surface area contributed by atoms with Crippen molar-refractivity contribution in [2.75, 3.05) is 25.5 Å². The molecule has 0 saturated carbocycles. The zero-order chi connectivity index (χ0) is 18.2. The number of ether oxygens (including phenoxy) is 1. The molecule has 0 bridgehead atoms. The van der Waals surface area contributed by atoms with Gasteiger partial charge in [0.1, 0.15) is 5.75 Å². The number of anilines is 1. The number of carbonyl (C=O) groups is 1. The van der Waals surface area contributed by atoms with Gasteiger partial charge in [0.2, 0.25) is 0 Å². The summed E-state index contributed by atoms with van der Waals surface area (Å²) < 4.78 is 5.08. The van der Waals surface area contributed by atoms with Gasteiger partial charge in [0.25, 0.3) is 5.91 Å². The van der Waals surface area contributed by atoms with Crippen molar-refractivity contribution in [3.05, 3.63) is 58.1 Å². The molecule has 0 aliphatic carbocycles. The minimum Gasteiger partial charge on any atom is -0.497 e. The third-order valence-corrected chi connectivity index (χ3v) is 3.96. The number of benzene rings is 2. The molecule has 2 aromatic rings. The lowest BCUT2D eigenvalue weighted by molar-refractivity contribution is 0.0955. The number of rotatable bonds is 6. The zero-order valence-electron chi connectivity index (χ0n) is 14.0. The quantitative estimate of drug-likeness (QED) is 0.240. The molecule has 6 nitrogen and oxygen atoms in total. The second-order valence-corrected chi connectivity index (χ2v) is 5.82. The summed E-state index contributed by atoms with van der Waals surface area (Å²) in [5.74, 6) is 0.760. The molecule has 0 heterocycles. The van der Waals surface area contributed by atoms with Crippen LogP contribution in [0.5, 0.6) is 5.75 Å². The average molecular weight is 509 g/mol. The van der Waals surface area contributed by atoms with Crippen LogP contribution >= 0.6 is 47.2 Å². The van der Waals surface area contributed by atoms with Gasteiger partial charge in [-0.25, -0.2) is 0 Å². The average Bonchev–Trinajstić information content (AvgIpc) is 2.61. The number of hydrogen-bond acceptors (Lipinski definition) is 3. The lowest BCUT2D eigenvalue weighted by Gasteiger charge is -2.07. The summed E-state index contributed by atoms with van der Waals surface area (Å²) >= 11 is 11.7. The summed E-state index contributed by atoms with van der Waals surface area (Å²) in [6, 6.07) is 12.0. The normalized spacial score (nSPS) is 10.7. The summed E-state index contributed by atoms with van der Waals surface area (Å²) in [6.07, 6.45) is 0. The number of aliphatic imine (C=N–C) groups is 1. The van der Waals surface area contributed by atoms with Crippen LogP contribution in [0.1, 0.15) is 10.4 Å². The van der Waals surface area contributed by atoms with Crippen LogP contribution < -0.4 is 21.1 Å². The van der Waals surface area contributed by atoms with E-state index in [1.165, 1.54) is 6.07 Å². The first kappa shape index (κ1) is 22.3. The molecule has 4 N–H and O–H groups in total. The van der Waals surface area contributed by atoms with Crippen LogP contribution in [0.2, 0.25) is 10.0 Å². The maximum Gasteiger partial charge on any atom is 0.251 e. The Kier molecular flexibility index (Phi) is 9.53. The first-order valence-corrected chi connectivity index (χ1v) is 8.19. The zero-order valence-corrected chi connectivity index (χ0v) is 17.8. The van der Waals surface area contributed by atoms with Gasteiger partial charge in [0.05, 0.1) is 23.7 Å². The Morgan fingerprint density at radius 3 is 2.46 bits per heavy atom. The summed E-state index contributed by atoms with van der Waals surface area (Å²) in [7, 11) is 1.60. The van der Waals surface area contributed by atoms with Crippen molar-refractivity contribution >= 4 is 64.7 Å². The molecule has 2 rings (SSSR count). The van der Waals surface area contributed by atoms with Crippen LogP contribution in [0, 0.1) is 0 Å². The molecule has 0 radical (unpaired) electrons. The van der Waals surface area contributed by atoms with Gasteiger partial charge in [-0.05, 0) is 42.5 Å². The Hall–Kier alpha value is -1.71. The molecule has 2 aromatic carbocycles. The fourth-order valence-electron chi connectivity index (χ4n) is 1.95. The number of hydrogen-bond donors (Lipinski definition) is 3. The molecule has 0 aromatic heterocycles. The number of amides is 1. The van der Waals surface area contributed by atoms with Gasteiger partial charge in [-0.15, -0.1) is 24.0 Å². The van der Waals surface area contributed by atoms with E-state index in [0.29, 0.717) is 28.7 Å². The lowest BCUT2D eigenvalue weighted by atomic mass is 10.2. The number of nitrogens with zero attached hydrogens (tertiary/aromatic N) is 1. The molecule has 9 heteroatoms. The first-order chi connectivity index (χ1) is 12.0. The number of guanidine groups is 1. The molecule has 0 fully saturated rings. The number of nitrogens with two attached hydrogens (primary N) is 1. The molecule has 1 amide bonds. The number of halogens is 3. The van der Waals surface area contributed by atoms with Crippen molar-refractivity contribution in [2.45, 2.75) is 0 Å². The molecule has 0 aliphatic heterocycles. The number of carbonyl (C=O) groups excluding carboxylic acids is 1. The van der Waals surface area contributed by atoms with Gasteiger partial charge in [-0.1, -0.05) is 23.2 Å². The predicted octanol–water partition coefficient (Wildman–Crippen LogP) is 3.78. The SMILES string of the molecule is COc1ccc(NC(N)=NCCNC(=O)c2ccc(Cl)c(Cl)c2)cc1.I. The van der Waals surface area contributed by atoms with E-state index >= 15 is 0 Å². The van der Waals surface area contributed by atoms with E-state index in [-0.39, 0.29) is 35.8 Å². The van der Waals surface area contributed by atoms with E-state index in [9.17, 15) is 4.79 Å². The molecule has 140 valence electrons. The maximum absolute atomic E-state index is 12.0. The van der Waals surface area contributed by atoms with E-state index in [0.717, 1.165) is 11.4 Å². The van der Waals surface area contributed by atoms with E-state index in [1.54, 1.807) is 19.2 Å². The van der Waals surface area contributed by atoms with Crippen molar-refractivity contribution in [1.82, 2.24) is 5.32 Å². The lowest BCUT2D eigenvalue weighted by Crippen LogP contribution is -2.28. The van der Waals surface area contributed by atoms with E-state index in [2.05, 4.69) is 15.6 Å². The maximum atomic E-state index is 12.0. The van der Waals surface area contributed by atoms with Gasteiger partial charge >= 0.3 is 0 Å². The molecule has 0 saturated heterocycles. The van der Waals surface area contributed by atoms with E-state index < -0.39 is 0 Å². The Morgan fingerprint density at radius 2 is 1.85 bits per heavy atom. The summed E-state index contributed by atoms with van der Waals surface area (Å²) in [4.78, 5) is 16.1. The van der Waals surface area contributed by atoms with Crippen LogP contribution in [0.15, 0.2) is 47.5 Å². The van der Waals surface area contributed by atoms with Gasteiger partial charge in [-0.3, -0.25) is 9.79 Å². The smallest absolute Gasteiger partial charge is 0.251 e. The largest absolute Gasteiger partial charge is 0.497 e. The van der Waals surface area contributed by atoms with Crippen LogP contribution in [0.3, 0.4) is 0 Å². The van der Waals surface area contributed by atoms with Gasteiger partial charge in [-0.2, -0.15) is 0 Å². The Balaban J connectivity index is 0.00000338. The molecule has 0 unspecified atom stereocenters. The van der Waals surface area contributed by atoms with Crippen LogP contribution in [-0.2, 0) is 0 Å². The van der Waals surface area contributed by atoms with Gasteiger partial charge in [0, 0.05) is 17.8 Å². The summed E-state index contributed by atoms with van der Waals surface area (Å²) in [6.45, 7) is 0.673. The minimum absolute atomic E-state index is 0. The standard InChI is InChI=1S/C17H18Cl2N4O2.HI/c1-25-13-5-3-12(4-6-13)23-17(20)22-9-8-21-16(24)11-2-7-14(18)15(19)10-11;/h2-7,10H,8-9H2,1H3,(H,21,24)(H3,20,22,23);1H. The molecular weight excluding hydrogens is 490 g/mol. The summed E-state index contributed by atoms with van der Waals surface area (Å²) in [5.41, 5.74) is 7.03. The Labute approximate surface area is 179 Å². The number of methoxy groups -OCH3 is 1. The second-order valence-electron chi connectivity index (χ2n) is 5.01. The van der Waals surface area contributed by atoms with Crippen LogP contribution in [-0.4, -0.2) is 32.1 Å². The molecule has 26 heavy (non-hydrogen) atoms. The fourth-order valence-corrected chi connectivity index (χ4v) is 2.25. The molecule has 0 spiro atoms. The van der Waals surface area contributed by atoms with Crippen LogP contribution in [0.4, 0.5) is 5.69 Å². The molecule has 0 atom stereocenters. The Morgan fingerprint density at radius 1 is 1.15 bits per heavy atom. The monoisotopic (exact) mass is 508 g/mol. The van der Waals surface area contributed by atoms with Crippen molar-refractivity contribution in [1.29, 1.82) is 0 Å². The van der Waals surface area contributed by atoms with Crippen molar-refractivity contribution in [2.24, 2.45) is 10.7 Å². The predicted molar refractivity (Wildman–Crippen MR) is 117 cm³/mol. The highest BCUT2D eigenvalue weighted by atomic mass is 127. The highest BCUT2D eigenvalue weighted by Crippen LogP contribution is 2.22. The minimum atomic E-state index is -0.254. The van der Waals surface area contributed by atoms with Gasteiger partial charge in [0.15, 0.2) is 5.96 Å². The highest BCUT2D eigenvalue weighted by Gasteiger charge is 2.07.